The molecule has 2 aromatic carbocycles. The molecule has 1 unspecified atom stereocenters. The summed E-state index contributed by atoms with van der Waals surface area (Å²) in [6, 6.07) is 18.3. The lowest BCUT2D eigenvalue weighted by molar-refractivity contribution is 0.0424. The summed E-state index contributed by atoms with van der Waals surface area (Å²) in [5.41, 5.74) is 5.81. The summed E-state index contributed by atoms with van der Waals surface area (Å²) in [6.07, 6.45) is 8.13. The van der Waals surface area contributed by atoms with Crippen LogP contribution in [0.1, 0.15) is 42.0 Å². The second-order valence-corrected chi connectivity index (χ2v) is 8.41. The van der Waals surface area contributed by atoms with Crippen molar-refractivity contribution in [3.05, 3.63) is 71.4 Å². The maximum absolute atomic E-state index is 5.59. The van der Waals surface area contributed by atoms with E-state index in [1.807, 2.05) is 0 Å². The van der Waals surface area contributed by atoms with Crippen LogP contribution in [0.3, 0.4) is 0 Å². The molecule has 1 atom stereocenters. The molecule has 5 rings (SSSR count). The highest BCUT2D eigenvalue weighted by atomic mass is 16.5. The van der Waals surface area contributed by atoms with Gasteiger partial charge in [-0.25, -0.2) is 0 Å². The van der Waals surface area contributed by atoms with E-state index >= 15 is 0 Å². The monoisotopic (exact) mass is 374 g/mol. The summed E-state index contributed by atoms with van der Waals surface area (Å²) < 4.78 is 5.59. The molecule has 28 heavy (non-hydrogen) atoms. The van der Waals surface area contributed by atoms with Crippen LogP contribution in [0, 0.1) is 5.92 Å². The van der Waals surface area contributed by atoms with E-state index in [1.54, 1.807) is 11.1 Å². The Morgan fingerprint density at radius 3 is 2.75 bits per heavy atom. The Hall–Kier alpha value is -2.10. The standard InChI is InChI=1S/C25H30N2O/c1-2-7-23-20(5-1)11-14-27(18-19-12-15-28-16-13-19)25(23)10-9-21-17-26-24-8-4-3-6-22(21)24/h1-8,17,19,25-26H,9-16,18H2. The van der Waals surface area contributed by atoms with Gasteiger partial charge in [-0.1, -0.05) is 42.5 Å². The van der Waals surface area contributed by atoms with E-state index in [0.29, 0.717) is 6.04 Å². The van der Waals surface area contributed by atoms with Crippen molar-refractivity contribution in [1.82, 2.24) is 9.88 Å². The minimum absolute atomic E-state index is 0.529. The summed E-state index contributed by atoms with van der Waals surface area (Å²) in [5, 5.41) is 1.38. The molecule has 3 nitrogen and oxygen atoms in total. The smallest absolute Gasteiger partial charge is 0.0469 e. The van der Waals surface area contributed by atoms with Crippen LogP contribution in [0.25, 0.3) is 10.9 Å². The van der Waals surface area contributed by atoms with Crippen molar-refractivity contribution < 1.29 is 4.74 Å². The Kier molecular flexibility index (Phi) is 5.20. The zero-order valence-electron chi connectivity index (χ0n) is 16.6. The molecule has 1 saturated heterocycles. The molecule has 0 spiro atoms. The molecule has 0 saturated carbocycles. The van der Waals surface area contributed by atoms with Crippen LogP contribution < -0.4 is 0 Å². The molecule has 3 heteroatoms. The van der Waals surface area contributed by atoms with Crippen LogP contribution in [0.4, 0.5) is 0 Å². The van der Waals surface area contributed by atoms with Gasteiger partial charge >= 0.3 is 0 Å². The van der Waals surface area contributed by atoms with E-state index in [2.05, 4.69) is 64.6 Å². The first kappa shape index (κ1) is 18.0. The van der Waals surface area contributed by atoms with E-state index in [1.165, 1.54) is 55.2 Å². The lowest BCUT2D eigenvalue weighted by Gasteiger charge is -2.40. The van der Waals surface area contributed by atoms with Gasteiger partial charge in [-0.15, -0.1) is 0 Å². The number of fused-ring (bicyclic) bond motifs is 2. The number of benzene rings is 2. The number of nitrogens with one attached hydrogen (secondary N) is 1. The summed E-state index contributed by atoms with van der Waals surface area (Å²) in [6.45, 7) is 4.29. The normalized spacial score (nSPS) is 21.1. The first-order valence-corrected chi connectivity index (χ1v) is 10.8. The van der Waals surface area contributed by atoms with Crippen LogP contribution in [0.5, 0.6) is 0 Å². The van der Waals surface area contributed by atoms with Crippen molar-refractivity contribution in [1.29, 1.82) is 0 Å². The minimum Gasteiger partial charge on any atom is -0.381 e. The number of aromatic nitrogens is 1. The molecule has 146 valence electrons. The Bertz CT molecular complexity index is 925. The number of rotatable bonds is 5. The maximum atomic E-state index is 5.59. The summed E-state index contributed by atoms with van der Waals surface area (Å²) in [7, 11) is 0. The van der Waals surface area contributed by atoms with Gasteiger partial charge in [0.2, 0.25) is 0 Å². The van der Waals surface area contributed by atoms with Gasteiger partial charge in [0.25, 0.3) is 0 Å². The lowest BCUT2D eigenvalue weighted by Crippen LogP contribution is -2.40. The van der Waals surface area contributed by atoms with Crippen molar-refractivity contribution in [2.45, 2.75) is 38.1 Å². The number of H-pyrrole nitrogens is 1. The molecule has 3 aromatic rings. The summed E-state index contributed by atoms with van der Waals surface area (Å²) >= 11 is 0. The fourth-order valence-electron chi connectivity index (χ4n) is 5.15. The topological polar surface area (TPSA) is 28.3 Å². The zero-order valence-corrected chi connectivity index (χ0v) is 16.6. The molecule has 1 N–H and O–H groups in total. The lowest BCUT2D eigenvalue weighted by atomic mass is 9.87. The highest BCUT2D eigenvalue weighted by Crippen LogP contribution is 2.35. The van der Waals surface area contributed by atoms with Crippen LogP contribution in [-0.2, 0) is 17.6 Å². The predicted molar refractivity (Wildman–Crippen MR) is 115 cm³/mol. The minimum atomic E-state index is 0.529. The third-order valence-corrected chi connectivity index (χ3v) is 6.72. The van der Waals surface area contributed by atoms with Gasteiger partial charge in [0.05, 0.1) is 0 Å². The number of aryl methyl sites for hydroxylation is 1. The van der Waals surface area contributed by atoms with Gasteiger partial charge in [0.1, 0.15) is 0 Å². The van der Waals surface area contributed by atoms with Crippen molar-refractivity contribution in [3.63, 3.8) is 0 Å². The van der Waals surface area contributed by atoms with Gasteiger partial charge in [0, 0.05) is 49.4 Å². The van der Waals surface area contributed by atoms with E-state index < -0.39 is 0 Å². The molecular weight excluding hydrogens is 344 g/mol. The number of aromatic amines is 1. The van der Waals surface area contributed by atoms with Crippen LogP contribution in [-0.4, -0.2) is 36.2 Å². The highest BCUT2D eigenvalue weighted by Gasteiger charge is 2.29. The highest BCUT2D eigenvalue weighted by molar-refractivity contribution is 5.83. The second kappa shape index (κ2) is 8.10. The molecule has 0 radical (unpaired) electrons. The third kappa shape index (κ3) is 3.61. The number of hydrogen-bond acceptors (Lipinski definition) is 2. The van der Waals surface area contributed by atoms with Crippen LogP contribution in [0.15, 0.2) is 54.7 Å². The number of hydrogen-bond donors (Lipinski definition) is 1. The summed E-state index contributed by atoms with van der Waals surface area (Å²) in [4.78, 5) is 6.22. The zero-order chi connectivity index (χ0) is 18.8. The average molecular weight is 375 g/mol. The van der Waals surface area contributed by atoms with Crippen molar-refractivity contribution in [2.24, 2.45) is 5.92 Å². The fourth-order valence-corrected chi connectivity index (χ4v) is 5.15. The van der Waals surface area contributed by atoms with Crippen LogP contribution in [0.2, 0.25) is 0 Å². The second-order valence-electron chi connectivity index (χ2n) is 8.41. The van der Waals surface area contributed by atoms with Gasteiger partial charge in [0.15, 0.2) is 0 Å². The van der Waals surface area contributed by atoms with Crippen LogP contribution >= 0.6 is 0 Å². The molecule has 3 heterocycles. The Morgan fingerprint density at radius 1 is 1.00 bits per heavy atom. The molecule has 2 aliphatic rings. The molecule has 0 bridgehead atoms. The Morgan fingerprint density at radius 2 is 1.82 bits per heavy atom. The van der Waals surface area contributed by atoms with E-state index in [9.17, 15) is 0 Å². The van der Waals surface area contributed by atoms with Crippen molar-refractivity contribution >= 4 is 10.9 Å². The molecule has 2 aliphatic heterocycles. The molecular formula is C25H30N2O. The molecule has 1 aromatic heterocycles. The van der Waals surface area contributed by atoms with E-state index in [0.717, 1.165) is 25.6 Å². The molecule has 0 amide bonds. The first-order valence-electron chi connectivity index (χ1n) is 10.8. The summed E-state index contributed by atoms with van der Waals surface area (Å²) in [5.74, 6) is 0.787. The fraction of sp³-hybridized carbons (Fsp3) is 0.440. The van der Waals surface area contributed by atoms with Gasteiger partial charge < -0.3 is 9.72 Å². The van der Waals surface area contributed by atoms with Gasteiger partial charge in [-0.05, 0) is 60.8 Å². The predicted octanol–water partition coefficient (Wildman–Crippen LogP) is 5.13. The Balaban J connectivity index is 1.37. The average Bonchev–Trinajstić information content (AvgIpc) is 3.17. The maximum Gasteiger partial charge on any atom is 0.0469 e. The third-order valence-electron chi connectivity index (χ3n) is 6.72. The number of nitrogens with zero attached hydrogens (tertiary/aromatic N) is 1. The number of ether oxygens (including phenoxy) is 1. The molecule has 1 fully saturated rings. The van der Waals surface area contributed by atoms with E-state index in [-0.39, 0.29) is 0 Å². The van der Waals surface area contributed by atoms with E-state index in [4.69, 9.17) is 4.74 Å². The van der Waals surface area contributed by atoms with Gasteiger partial charge in [-0.3, -0.25) is 4.90 Å². The SMILES string of the molecule is c1ccc2c(c1)CCN(CC1CCOCC1)C2CCc1c[nH]c2ccccc12. The Labute approximate surface area is 167 Å². The molecule has 0 aliphatic carbocycles. The first-order chi connectivity index (χ1) is 13.9. The van der Waals surface area contributed by atoms with Crippen molar-refractivity contribution in [2.75, 3.05) is 26.3 Å². The quantitative estimate of drug-likeness (QED) is 0.671. The largest absolute Gasteiger partial charge is 0.381 e. The van der Waals surface area contributed by atoms with Crippen molar-refractivity contribution in [3.8, 4) is 0 Å². The number of para-hydroxylation sites is 1. The van der Waals surface area contributed by atoms with Gasteiger partial charge in [-0.2, -0.15) is 0 Å².